The molecule has 1 aliphatic rings. The third-order valence-electron chi connectivity index (χ3n) is 4.36. The van der Waals surface area contributed by atoms with Crippen molar-refractivity contribution in [2.45, 2.75) is 77.4 Å². The molecule has 0 radical (unpaired) electrons. The highest BCUT2D eigenvalue weighted by atomic mass is 16.5. The lowest BCUT2D eigenvalue weighted by Crippen LogP contribution is -2.55. The van der Waals surface area contributed by atoms with E-state index in [1.165, 1.54) is 32.8 Å². The van der Waals surface area contributed by atoms with Crippen LogP contribution in [0.3, 0.4) is 0 Å². The maximum absolute atomic E-state index is 12.1. The molecule has 0 aromatic rings. The molecule has 1 N–H and O–H groups in total. The SMILES string of the molecule is CCC1CCCCN1CCC(C)(NC(C)C)C(=O)OC. The summed E-state index contributed by atoms with van der Waals surface area (Å²) in [6.07, 6.45) is 5.92. The standard InChI is InChI=1S/C16H32N2O2/c1-6-14-9-7-8-11-18(14)12-10-16(4,15(19)20-5)17-13(2)3/h13-14,17H,6-12H2,1-5H3. The van der Waals surface area contributed by atoms with Crippen LogP contribution in [-0.2, 0) is 9.53 Å². The molecule has 1 rings (SSSR count). The van der Waals surface area contributed by atoms with Crippen molar-refractivity contribution in [1.29, 1.82) is 0 Å². The molecule has 4 heteroatoms. The minimum atomic E-state index is -0.585. The van der Waals surface area contributed by atoms with Gasteiger partial charge in [-0.05, 0) is 53.0 Å². The van der Waals surface area contributed by atoms with E-state index in [0.29, 0.717) is 6.04 Å². The molecule has 2 unspecified atom stereocenters. The molecule has 0 bridgehead atoms. The summed E-state index contributed by atoms with van der Waals surface area (Å²) >= 11 is 0. The zero-order chi connectivity index (χ0) is 15.2. The summed E-state index contributed by atoms with van der Waals surface area (Å²) in [5, 5.41) is 3.38. The second-order valence-corrected chi connectivity index (χ2v) is 6.47. The second kappa shape index (κ2) is 7.99. The van der Waals surface area contributed by atoms with Crippen LogP contribution in [0.4, 0.5) is 0 Å². The molecule has 0 spiro atoms. The number of carbonyl (C=O) groups is 1. The number of ether oxygens (including phenoxy) is 1. The van der Waals surface area contributed by atoms with E-state index >= 15 is 0 Å². The molecule has 4 nitrogen and oxygen atoms in total. The molecule has 1 aliphatic heterocycles. The molecule has 0 aromatic heterocycles. The Hall–Kier alpha value is -0.610. The molecule has 1 heterocycles. The summed E-state index contributed by atoms with van der Waals surface area (Å²) in [6, 6.07) is 0.951. The maximum atomic E-state index is 12.1. The largest absolute Gasteiger partial charge is 0.468 e. The Morgan fingerprint density at radius 3 is 2.70 bits per heavy atom. The Bertz CT molecular complexity index is 307. The quantitative estimate of drug-likeness (QED) is 0.730. The first kappa shape index (κ1) is 17.4. The average Bonchev–Trinajstić information content (AvgIpc) is 2.43. The Morgan fingerprint density at radius 2 is 2.15 bits per heavy atom. The fraction of sp³-hybridized carbons (Fsp3) is 0.938. The third-order valence-corrected chi connectivity index (χ3v) is 4.36. The molecule has 0 aliphatic carbocycles. The van der Waals surface area contributed by atoms with E-state index in [0.717, 1.165) is 19.5 Å². The number of methoxy groups -OCH3 is 1. The van der Waals surface area contributed by atoms with Gasteiger partial charge in [-0.1, -0.05) is 13.3 Å². The first-order chi connectivity index (χ1) is 9.42. The zero-order valence-corrected chi connectivity index (χ0v) is 13.9. The van der Waals surface area contributed by atoms with Crippen molar-refractivity contribution >= 4 is 5.97 Å². The second-order valence-electron chi connectivity index (χ2n) is 6.47. The number of rotatable bonds is 7. The highest BCUT2D eigenvalue weighted by Gasteiger charge is 2.35. The molecule has 20 heavy (non-hydrogen) atoms. The fourth-order valence-corrected chi connectivity index (χ4v) is 3.28. The van der Waals surface area contributed by atoms with Crippen LogP contribution in [0, 0.1) is 0 Å². The van der Waals surface area contributed by atoms with Crippen molar-refractivity contribution in [3.63, 3.8) is 0 Å². The number of piperidine rings is 1. The van der Waals surface area contributed by atoms with Gasteiger partial charge in [0.25, 0.3) is 0 Å². The van der Waals surface area contributed by atoms with Gasteiger partial charge in [-0.15, -0.1) is 0 Å². The van der Waals surface area contributed by atoms with E-state index in [9.17, 15) is 4.79 Å². The van der Waals surface area contributed by atoms with E-state index in [4.69, 9.17) is 4.74 Å². The summed E-state index contributed by atoms with van der Waals surface area (Å²) in [5.41, 5.74) is -0.585. The van der Waals surface area contributed by atoms with E-state index < -0.39 is 5.54 Å². The number of likely N-dealkylation sites (tertiary alicyclic amines) is 1. The van der Waals surface area contributed by atoms with Gasteiger partial charge in [0.1, 0.15) is 5.54 Å². The number of nitrogens with one attached hydrogen (secondary N) is 1. The Labute approximate surface area is 124 Å². The van der Waals surface area contributed by atoms with Gasteiger partial charge < -0.3 is 9.64 Å². The minimum Gasteiger partial charge on any atom is -0.468 e. The normalized spacial score (nSPS) is 23.6. The summed E-state index contributed by atoms with van der Waals surface area (Å²) < 4.78 is 4.99. The molecule has 1 fully saturated rings. The van der Waals surface area contributed by atoms with Gasteiger partial charge >= 0.3 is 5.97 Å². The first-order valence-electron chi connectivity index (χ1n) is 8.03. The lowest BCUT2D eigenvalue weighted by Gasteiger charge is -2.38. The van der Waals surface area contributed by atoms with E-state index in [2.05, 4.69) is 31.0 Å². The van der Waals surface area contributed by atoms with Gasteiger partial charge in [0.15, 0.2) is 0 Å². The summed E-state index contributed by atoms with van der Waals surface area (Å²) in [7, 11) is 1.47. The van der Waals surface area contributed by atoms with Gasteiger partial charge in [0.05, 0.1) is 7.11 Å². The van der Waals surface area contributed by atoms with Crippen LogP contribution >= 0.6 is 0 Å². The zero-order valence-electron chi connectivity index (χ0n) is 13.9. The first-order valence-corrected chi connectivity index (χ1v) is 8.03. The molecule has 1 saturated heterocycles. The molecule has 118 valence electrons. The van der Waals surface area contributed by atoms with Crippen LogP contribution in [0.5, 0.6) is 0 Å². The van der Waals surface area contributed by atoms with Gasteiger partial charge in [0.2, 0.25) is 0 Å². The molecule has 0 saturated carbocycles. The fourth-order valence-electron chi connectivity index (χ4n) is 3.28. The highest BCUT2D eigenvalue weighted by Crippen LogP contribution is 2.22. The number of nitrogens with zero attached hydrogens (tertiary/aromatic N) is 1. The maximum Gasteiger partial charge on any atom is 0.325 e. The van der Waals surface area contributed by atoms with Gasteiger partial charge in [-0.3, -0.25) is 10.1 Å². The molecular weight excluding hydrogens is 252 g/mol. The van der Waals surface area contributed by atoms with Crippen molar-refractivity contribution in [3.8, 4) is 0 Å². The highest BCUT2D eigenvalue weighted by molar-refractivity contribution is 5.80. The van der Waals surface area contributed by atoms with E-state index in [1.807, 2.05) is 6.92 Å². The summed E-state index contributed by atoms with van der Waals surface area (Å²) in [4.78, 5) is 14.6. The molecular formula is C16H32N2O2. The Morgan fingerprint density at radius 1 is 1.45 bits per heavy atom. The van der Waals surface area contributed by atoms with Gasteiger partial charge in [-0.2, -0.15) is 0 Å². The van der Waals surface area contributed by atoms with Crippen LogP contribution < -0.4 is 5.32 Å². The number of carbonyl (C=O) groups excluding carboxylic acids is 1. The third kappa shape index (κ3) is 4.74. The average molecular weight is 284 g/mol. The molecule has 0 aromatic carbocycles. The smallest absolute Gasteiger partial charge is 0.325 e. The van der Waals surface area contributed by atoms with E-state index in [-0.39, 0.29) is 12.0 Å². The molecule has 2 atom stereocenters. The Kier molecular flexibility index (Phi) is 6.96. The van der Waals surface area contributed by atoms with Gasteiger partial charge in [-0.25, -0.2) is 0 Å². The number of hydrogen-bond donors (Lipinski definition) is 1. The summed E-state index contributed by atoms with van der Waals surface area (Å²) in [5.74, 6) is -0.156. The van der Waals surface area contributed by atoms with Crippen molar-refractivity contribution in [2.24, 2.45) is 0 Å². The lowest BCUT2D eigenvalue weighted by molar-refractivity contribution is -0.148. The number of esters is 1. The van der Waals surface area contributed by atoms with Crippen LogP contribution in [-0.4, -0.2) is 48.7 Å². The van der Waals surface area contributed by atoms with Crippen molar-refractivity contribution in [2.75, 3.05) is 20.2 Å². The van der Waals surface area contributed by atoms with Crippen molar-refractivity contribution in [3.05, 3.63) is 0 Å². The van der Waals surface area contributed by atoms with Crippen LogP contribution in [0.15, 0.2) is 0 Å². The van der Waals surface area contributed by atoms with E-state index in [1.54, 1.807) is 0 Å². The predicted octanol–water partition coefficient (Wildman–Crippen LogP) is 2.57. The lowest BCUT2D eigenvalue weighted by atomic mass is 9.94. The molecule has 0 amide bonds. The van der Waals surface area contributed by atoms with Crippen LogP contribution in [0.1, 0.15) is 59.8 Å². The predicted molar refractivity (Wildman–Crippen MR) is 82.8 cm³/mol. The van der Waals surface area contributed by atoms with Gasteiger partial charge in [0, 0.05) is 18.6 Å². The topological polar surface area (TPSA) is 41.6 Å². The van der Waals surface area contributed by atoms with Crippen LogP contribution in [0.25, 0.3) is 0 Å². The monoisotopic (exact) mass is 284 g/mol. The Balaban J connectivity index is 2.63. The summed E-state index contributed by atoms with van der Waals surface area (Å²) in [6.45, 7) is 10.5. The van der Waals surface area contributed by atoms with Crippen LogP contribution in [0.2, 0.25) is 0 Å². The van der Waals surface area contributed by atoms with Crippen molar-refractivity contribution < 1.29 is 9.53 Å². The van der Waals surface area contributed by atoms with Crippen molar-refractivity contribution in [1.82, 2.24) is 10.2 Å². The minimum absolute atomic E-state index is 0.156. The number of hydrogen-bond acceptors (Lipinski definition) is 4.